The quantitative estimate of drug-likeness (QED) is 0.339. The maximum Gasteiger partial charge on any atom is 0.165 e. The summed E-state index contributed by atoms with van der Waals surface area (Å²) in [7, 11) is 1.97. The van der Waals surface area contributed by atoms with E-state index >= 15 is 0 Å². The van der Waals surface area contributed by atoms with Gasteiger partial charge in [-0.2, -0.15) is 0 Å². The number of nitrogens with one attached hydrogen (secondary N) is 1. The zero-order chi connectivity index (χ0) is 20.8. The predicted octanol–water partition coefficient (Wildman–Crippen LogP) is 6.03. The molecular weight excluding hydrogens is 403 g/mol. The summed E-state index contributed by atoms with van der Waals surface area (Å²) < 4.78 is 22.4. The van der Waals surface area contributed by atoms with Crippen LogP contribution in [-0.2, 0) is 7.05 Å². The van der Waals surface area contributed by atoms with E-state index in [1.807, 2.05) is 43.7 Å². The molecule has 0 fully saturated rings. The number of fused-ring (bicyclic) bond motifs is 5. The van der Waals surface area contributed by atoms with Crippen LogP contribution in [0, 0.1) is 5.82 Å². The Kier molecular flexibility index (Phi) is 4.65. The number of aryl methyl sites for hydroxylation is 1. The van der Waals surface area contributed by atoms with Gasteiger partial charge in [0.25, 0.3) is 0 Å². The first-order valence-electron chi connectivity index (χ1n) is 9.80. The topological polar surface area (TPSA) is 50.2 Å². The third-order valence-electron chi connectivity index (χ3n) is 5.61. The maximum absolute atomic E-state index is 14.8. The molecule has 0 aliphatic heterocycles. The predicted molar refractivity (Wildman–Crippen MR) is 120 cm³/mol. The smallest absolute Gasteiger partial charge is 0.165 e. The lowest BCUT2D eigenvalue weighted by molar-refractivity contribution is 0.229. The van der Waals surface area contributed by atoms with Gasteiger partial charge in [0.1, 0.15) is 0 Å². The molecule has 0 spiro atoms. The van der Waals surface area contributed by atoms with Gasteiger partial charge in [0.2, 0.25) is 0 Å². The largest absolute Gasteiger partial charge is 0.490 e. The summed E-state index contributed by atoms with van der Waals surface area (Å²) in [4.78, 5) is 3.20. The molecule has 3 aromatic carbocycles. The van der Waals surface area contributed by atoms with Gasteiger partial charge in [0.15, 0.2) is 11.6 Å². The molecule has 30 heavy (non-hydrogen) atoms. The normalized spacial score (nSPS) is 11.7. The Labute approximate surface area is 177 Å². The van der Waals surface area contributed by atoms with Crippen molar-refractivity contribution in [2.75, 3.05) is 13.2 Å². The fraction of sp³-hybridized carbons (Fsp3) is 0.167. The van der Waals surface area contributed by atoms with Crippen molar-refractivity contribution in [1.82, 2.24) is 9.55 Å². The van der Waals surface area contributed by atoms with Gasteiger partial charge in [-0.15, -0.1) is 0 Å². The summed E-state index contributed by atoms with van der Waals surface area (Å²) in [6, 6.07) is 13.1. The van der Waals surface area contributed by atoms with Gasteiger partial charge in [0.05, 0.1) is 17.6 Å². The van der Waals surface area contributed by atoms with Crippen LogP contribution >= 0.6 is 11.6 Å². The Hall–Kier alpha value is -3.02. The number of hydrogen-bond donors (Lipinski definition) is 2. The highest BCUT2D eigenvalue weighted by Crippen LogP contribution is 2.42. The molecular formula is C24H20ClFN2O2. The highest BCUT2D eigenvalue weighted by molar-refractivity contribution is 6.34. The van der Waals surface area contributed by atoms with Gasteiger partial charge < -0.3 is 19.4 Å². The number of aliphatic hydroxyl groups is 1. The molecule has 0 atom stereocenters. The second kappa shape index (κ2) is 7.35. The summed E-state index contributed by atoms with van der Waals surface area (Å²) in [5.74, 6) is -0.217. The van der Waals surface area contributed by atoms with Crippen molar-refractivity contribution in [1.29, 1.82) is 0 Å². The van der Waals surface area contributed by atoms with Gasteiger partial charge in [-0.25, -0.2) is 4.39 Å². The molecule has 6 heteroatoms. The van der Waals surface area contributed by atoms with E-state index in [2.05, 4.69) is 15.6 Å². The van der Waals surface area contributed by atoms with Crippen LogP contribution in [0.4, 0.5) is 4.39 Å². The second-order valence-corrected chi connectivity index (χ2v) is 7.77. The minimum Gasteiger partial charge on any atom is -0.490 e. The van der Waals surface area contributed by atoms with E-state index in [9.17, 15) is 4.39 Å². The van der Waals surface area contributed by atoms with Crippen LogP contribution in [-0.4, -0.2) is 27.9 Å². The Morgan fingerprint density at radius 3 is 2.63 bits per heavy atom. The fourth-order valence-corrected chi connectivity index (χ4v) is 4.41. The molecule has 152 valence electrons. The lowest BCUT2D eigenvalue weighted by atomic mass is 9.97. The van der Waals surface area contributed by atoms with E-state index in [1.165, 1.54) is 6.07 Å². The van der Waals surface area contributed by atoms with Crippen LogP contribution in [0.1, 0.15) is 6.42 Å². The number of aromatic amines is 1. The van der Waals surface area contributed by atoms with Gasteiger partial charge in [0, 0.05) is 70.7 Å². The van der Waals surface area contributed by atoms with Crippen LogP contribution < -0.4 is 4.74 Å². The summed E-state index contributed by atoms with van der Waals surface area (Å²) >= 11 is 6.50. The van der Waals surface area contributed by atoms with Crippen molar-refractivity contribution < 1.29 is 14.2 Å². The molecule has 0 saturated heterocycles. The van der Waals surface area contributed by atoms with Gasteiger partial charge in [-0.3, -0.25) is 0 Å². The number of ether oxygens (including phenoxy) is 1. The SMILES string of the molecule is Cn1c2cc(OCCCO)c(F)cc2c2c3c[nH]cc3c(-c3ccccc3Cl)cc21. The number of benzene rings is 3. The van der Waals surface area contributed by atoms with Gasteiger partial charge >= 0.3 is 0 Å². The minimum atomic E-state index is -0.410. The zero-order valence-corrected chi connectivity index (χ0v) is 17.1. The van der Waals surface area contributed by atoms with E-state index in [-0.39, 0.29) is 19.0 Å². The molecule has 0 radical (unpaired) electrons. The Bertz CT molecular complexity index is 1400. The highest BCUT2D eigenvalue weighted by atomic mass is 35.5. The van der Waals surface area contributed by atoms with Crippen molar-refractivity contribution in [3.63, 3.8) is 0 Å². The molecule has 2 aromatic heterocycles. The molecule has 0 amide bonds. The summed E-state index contributed by atoms with van der Waals surface area (Å²) in [6.07, 6.45) is 4.35. The Balaban J connectivity index is 1.81. The first-order valence-corrected chi connectivity index (χ1v) is 10.2. The fourth-order valence-electron chi connectivity index (χ4n) is 4.18. The van der Waals surface area contributed by atoms with Crippen molar-refractivity contribution in [3.8, 4) is 16.9 Å². The number of rotatable bonds is 5. The number of aromatic nitrogens is 2. The van der Waals surface area contributed by atoms with E-state index in [4.69, 9.17) is 21.4 Å². The highest BCUT2D eigenvalue weighted by Gasteiger charge is 2.19. The average molecular weight is 423 g/mol. The average Bonchev–Trinajstić information content (AvgIpc) is 3.32. The lowest BCUT2D eigenvalue weighted by Gasteiger charge is -2.08. The van der Waals surface area contributed by atoms with Crippen molar-refractivity contribution in [2.24, 2.45) is 7.05 Å². The standard InChI is InChI=1S/C24H20ClFN2O2/c1-28-21-11-23(30-8-4-7-29)20(26)9-16(21)24-18-13-27-12-17(18)15(10-22(24)28)14-5-2-3-6-19(14)25/h2-3,5-6,9-13,27,29H,4,7-8H2,1H3. The molecule has 0 aliphatic carbocycles. The Morgan fingerprint density at radius 1 is 1.03 bits per heavy atom. The van der Waals surface area contributed by atoms with Crippen LogP contribution in [0.2, 0.25) is 5.02 Å². The molecule has 0 bridgehead atoms. The molecule has 0 unspecified atom stereocenters. The van der Waals surface area contributed by atoms with E-state index < -0.39 is 5.82 Å². The number of halogens is 2. The molecule has 2 heterocycles. The number of H-pyrrole nitrogens is 1. The van der Waals surface area contributed by atoms with Gasteiger partial charge in [-0.1, -0.05) is 29.8 Å². The molecule has 4 nitrogen and oxygen atoms in total. The summed E-state index contributed by atoms with van der Waals surface area (Å²) in [5, 5.41) is 13.5. The Morgan fingerprint density at radius 2 is 1.83 bits per heavy atom. The van der Waals surface area contributed by atoms with Crippen LogP contribution in [0.3, 0.4) is 0 Å². The summed E-state index contributed by atoms with van der Waals surface area (Å²) in [5.41, 5.74) is 3.84. The van der Waals surface area contributed by atoms with E-state index in [0.717, 1.165) is 43.7 Å². The first kappa shape index (κ1) is 19.0. The zero-order valence-electron chi connectivity index (χ0n) is 16.4. The van der Waals surface area contributed by atoms with E-state index in [0.29, 0.717) is 11.4 Å². The molecule has 2 N–H and O–H groups in total. The number of hydrogen-bond acceptors (Lipinski definition) is 2. The number of aliphatic hydroxyl groups excluding tert-OH is 1. The van der Waals surface area contributed by atoms with Gasteiger partial charge in [-0.05, 0) is 23.8 Å². The number of nitrogens with zero attached hydrogens (tertiary/aromatic N) is 1. The van der Waals surface area contributed by atoms with Crippen LogP contribution in [0.25, 0.3) is 43.7 Å². The van der Waals surface area contributed by atoms with Crippen molar-refractivity contribution >= 4 is 44.2 Å². The minimum absolute atomic E-state index is 0.00813. The van der Waals surface area contributed by atoms with E-state index in [1.54, 1.807) is 6.07 Å². The third-order valence-corrected chi connectivity index (χ3v) is 5.94. The maximum atomic E-state index is 14.8. The lowest BCUT2D eigenvalue weighted by Crippen LogP contribution is -2.01. The van der Waals surface area contributed by atoms with Crippen molar-refractivity contribution in [2.45, 2.75) is 6.42 Å². The molecule has 5 rings (SSSR count). The van der Waals surface area contributed by atoms with Crippen LogP contribution in [0.15, 0.2) is 54.9 Å². The van der Waals surface area contributed by atoms with Crippen LogP contribution in [0.5, 0.6) is 5.75 Å². The van der Waals surface area contributed by atoms with Crippen molar-refractivity contribution in [3.05, 3.63) is 65.7 Å². The monoisotopic (exact) mass is 422 g/mol. The molecule has 5 aromatic rings. The second-order valence-electron chi connectivity index (χ2n) is 7.37. The third kappa shape index (κ3) is 2.85. The first-order chi connectivity index (χ1) is 14.6. The molecule has 0 aliphatic rings. The molecule has 0 saturated carbocycles. The summed E-state index contributed by atoms with van der Waals surface area (Å²) in [6.45, 7) is 0.274.